The van der Waals surface area contributed by atoms with Crippen molar-refractivity contribution in [3.05, 3.63) is 51.5 Å². The number of aromatic carboxylic acids is 1. The Morgan fingerprint density at radius 1 is 1.28 bits per heavy atom. The standard InChI is InChI=1S/C16H15F3N2O3S/c1-9(10-2-4-11(5-3-10)16(17,18)19)6-13(22)20-7-14-21-12(8-25-14)15(23)24/h2-5,8-9H,6-7H2,1H3,(H,20,22)(H,23,24). The number of hydrogen-bond acceptors (Lipinski definition) is 4. The van der Waals surface area contributed by atoms with Gasteiger partial charge in [-0.1, -0.05) is 19.1 Å². The number of alkyl halides is 3. The third kappa shape index (κ3) is 5.28. The van der Waals surface area contributed by atoms with E-state index in [0.717, 1.165) is 23.5 Å². The van der Waals surface area contributed by atoms with Crippen molar-refractivity contribution in [3.63, 3.8) is 0 Å². The number of amides is 1. The highest BCUT2D eigenvalue weighted by molar-refractivity contribution is 7.09. The van der Waals surface area contributed by atoms with Crippen molar-refractivity contribution in [2.75, 3.05) is 0 Å². The van der Waals surface area contributed by atoms with Crippen LogP contribution in [0.15, 0.2) is 29.6 Å². The van der Waals surface area contributed by atoms with Gasteiger partial charge in [0.05, 0.1) is 12.1 Å². The third-order valence-corrected chi connectivity index (χ3v) is 4.36. The monoisotopic (exact) mass is 372 g/mol. The predicted octanol–water partition coefficient (Wildman–Crippen LogP) is 3.67. The molecule has 2 rings (SSSR count). The number of carboxylic acid groups (broad SMARTS) is 1. The van der Waals surface area contributed by atoms with Gasteiger partial charge in [-0.15, -0.1) is 11.3 Å². The van der Waals surface area contributed by atoms with Crippen molar-refractivity contribution in [3.8, 4) is 0 Å². The summed E-state index contributed by atoms with van der Waals surface area (Å²) in [4.78, 5) is 26.5. The number of hydrogen-bond donors (Lipinski definition) is 2. The summed E-state index contributed by atoms with van der Waals surface area (Å²) in [6.45, 7) is 1.85. The van der Waals surface area contributed by atoms with Crippen molar-refractivity contribution in [2.24, 2.45) is 0 Å². The fraction of sp³-hybridized carbons (Fsp3) is 0.312. The van der Waals surface area contributed by atoms with Crippen LogP contribution in [-0.2, 0) is 17.5 Å². The molecule has 0 saturated carbocycles. The van der Waals surface area contributed by atoms with E-state index in [9.17, 15) is 22.8 Å². The summed E-state index contributed by atoms with van der Waals surface area (Å²) in [5.74, 6) is -1.68. The van der Waals surface area contributed by atoms with E-state index in [1.165, 1.54) is 17.5 Å². The van der Waals surface area contributed by atoms with Gasteiger partial charge in [0, 0.05) is 11.8 Å². The number of rotatable bonds is 6. The molecule has 0 spiro atoms. The first-order valence-corrected chi connectivity index (χ1v) is 8.16. The number of halogens is 3. The van der Waals surface area contributed by atoms with Gasteiger partial charge in [0.2, 0.25) is 5.91 Å². The first-order chi connectivity index (χ1) is 11.7. The molecule has 0 aliphatic heterocycles. The number of carboxylic acids is 1. The summed E-state index contributed by atoms with van der Waals surface area (Å²) in [5.41, 5.74) is -0.177. The van der Waals surface area contributed by atoms with Gasteiger partial charge in [0.15, 0.2) is 5.69 Å². The summed E-state index contributed by atoms with van der Waals surface area (Å²) < 4.78 is 37.6. The molecule has 0 bridgehead atoms. The maximum absolute atomic E-state index is 12.5. The molecule has 0 saturated heterocycles. The lowest BCUT2D eigenvalue weighted by Crippen LogP contribution is -2.24. The van der Waals surface area contributed by atoms with Gasteiger partial charge in [-0.25, -0.2) is 9.78 Å². The Kier molecular flexibility index (Phi) is 5.78. The Morgan fingerprint density at radius 3 is 2.44 bits per heavy atom. The Hall–Kier alpha value is -2.42. The van der Waals surface area contributed by atoms with Crippen molar-refractivity contribution in [2.45, 2.75) is 32.0 Å². The molecule has 1 aromatic heterocycles. The topological polar surface area (TPSA) is 79.3 Å². The lowest BCUT2D eigenvalue weighted by atomic mass is 9.96. The van der Waals surface area contributed by atoms with E-state index < -0.39 is 17.7 Å². The number of carbonyl (C=O) groups is 2. The summed E-state index contributed by atoms with van der Waals surface area (Å²) in [7, 11) is 0. The largest absolute Gasteiger partial charge is 0.476 e. The van der Waals surface area contributed by atoms with Gasteiger partial charge < -0.3 is 10.4 Å². The fourth-order valence-electron chi connectivity index (χ4n) is 2.13. The molecule has 2 N–H and O–H groups in total. The van der Waals surface area contributed by atoms with E-state index in [0.29, 0.717) is 10.6 Å². The summed E-state index contributed by atoms with van der Waals surface area (Å²) in [5, 5.41) is 13.2. The van der Waals surface area contributed by atoms with E-state index >= 15 is 0 Å². The van der Waals surface area contributed by atoms with Crippen molar-refractivity contribution >= 4 is 23.2 Å². The van der Waals surface area contributed by atoms with Crippen LogP contribution in [0.1, 0.15) is 45.9 Å². The Balaban J connectivity index is 1.87. The molecule has 2 aromatic rings. The SMILES string of the molecule is CC(CC(=O)NCc1nc(C(=O)O)cs1)c1ccc(C(F)(F)F)cc1. The molecule has 0 fully saturated rings. The molecular weight excluding hydrogens is 357 g/mol. The lowest BCUT2D eigenvalue weighted by Gasteiger charge is -2.13. The second-order valence-electron chi connectivity index (χ2n) is 5.43. The van der Waals surface area contributed by atoms with Crippen molar-refractivity contribution < 1.29 is 27.9 Å². The highest BCUT2D eigenvalue weighted by Gasteiger charge is 2.30. The highest BCUT2D eigenvalue weighted by atomic mass is 32.1. The number of carbonyl (C=O) groups excluding carboxylic acids is 1. The normalized spacial score (nSPS) is 12.6. The van der Waals surface area contributed by atoms with Crippen LogP contribution in [0, 0.1) is 0 Å². The maximum Gasteiger partial charge on any atom is 0.416 e. The van der Waals surface area contributed by atoms with Crippen molar-refractivity contribution in [1.82, 2.24) is 10.3 Å². The number of nitrogens with one attached hydrogen (secondary N) is 1. The van der Waals surface area contributed by atoms with Crippen LogP contribution in [0.3, 0.4) is 0 Å². The molecule has 9 heteroatoms. The zero-order chi connectivity index (χ0) is 18.6. The number of thiazole rings is 1. The zero-order valence-corrected chi connectivity index (χ0v) is 13.9. The Morgan fingerprint density at radius 2 is 1.92 bits per heavy atom. The predicted molar refractivity (Wildman–Crippen MR) is 85.4 cm³/mol. The highest BCUT2D eigenvalue weighted by Crippen LogP contribution is 2.30. The summed E-state index contributed by atoms with van der Waals surface area (Å²) >= 11 is 1.13. The van der Waals surface area contributed by atoms with Crippen LogP contribution in [-0.4, -0.2) is 22.0 Å². The van der Waals surface area contributed by atoms with Gasteiger partial charge >= 0.3 is 12.1 Å². The van der Waals surface area contributed by atoms with E-state index in [1.807, 2.05) is 0 Å². The smallest absolute Gasteiger partial charge is 0.416 e. The molecular formula is C16H15F3N2O3S. The summed E-state index contributed by atoms with van der Waals surface area (Å²) in [6.07, 6.45) is -4.29. The second-order valence-corrected chi connectivity index (χ2v) is 6.38. The summed E-state index contributed by atoms with van der Waals surface area (Å²) in [6, 6.07) is 4.71. The van der Waals surface area contributed by atoms with Crippen LogP contribution in [0.4, 0.5) is 13.2 Å². The first-order valence-electron chi connectivity index (χ1n) is 7.28. The van der Waals surface area contributed by atoms with E-state index in [1.54, 1.807) is 6.92 Å². The third-order valence-electron chi connectivity index (χ3n) is 3.51. The number of nitrogens with zero attached hydrogens (tertiary/aromatic N) is 1. The average molecular weight is 372 g/mol. The molecule has 25 heavy (non-hydrogen) atoms. The molecule has 5 nitrogen and oxygen atoms in total. The van der Waals surface area contributed by atoms with Crippen LogP contribution in [0.25, 0.3) is 0 Å². The Bertz CT molecular complexity index is 757. The molecule has 0 radical (unpaired) electrons. The van der Waals surface area contributed by atoms with Gasteiger partial charge in [-0.2, -0.15) is 13.2 Å². The molecule has 0 aliphatic rings. The Labute approximate surface area is 145 Å². The molecule has 1 amide bonds. The van der Waals surface area contributed by atoms with Gasteiger partial charge in [-0.3, -0.25) is 4.79 Å². The van der Waals surface area contributed by atoms with Crippen molar-refractivity contribution in [1.29, 1.82) is 0 Å². The van der Waals surface area contributed by atoms with Crippen LogP contribution < -0.4 is 5.32 Å². The molecule has 134 valence electrons. The van der Waals surface area contributed by atoms with E-state index in [4.69, 9.17) is 5.11 Å². The molecule has 1 atom stereocenters. The second kappa shape index (κ2) is 7.64. The van der Waals surface area contributed by atoms with Gasteiger partial charge in [0.1, 0.15) is 5.01 Å². The minimum atomic E-state index is -4.39. The van der Waals surface area contributed by atoms with Gasteiger partial charge in [0.25, 0.3) is 0 Å². The van der Waals surface area contributed by atoms with Crippen LogP contribution in [0.2, 0.25) is 0 Å². The minimum absolute atomic E-state index is 0.0765. The quantitative estimate of drug-likeness (QED) is 0.811. The molecule has 1 heterocycles. The van der Waals surface area contributed by atoms with Gasteiger partial charge in [-0.05, 0) is 23.6 Å². The fourth-order valence-corrected chi connectivity index (χ4v) is 2.84. The lowest BCUT2D eigenvalue weighted by molar-refractivity contribution is -0.137. The molecule has 1 unspecified atom stereocenters. The molecule has 1 aromatic carbocycles. The average Bonchev–Trinajstić information content (AvgIpc) is 3.01. The van der Waals surface area contributed by atoms with E-state index in [2.05, 4.69) is 10.3 Å². The van der Waals surface area contributed by atoms with Crippen LogP contribution in [0.5, 0.6) is 0 Å². The maximum atomic E-state index is 12.5. The molecule has 0 aliphatic carbocycles. The minimum Gasteiger partial charge on any atom is -0.476 e. The number of benzene rings is 1. The zero-order valence-electron chi connectivity index (χ0n) is 13.1. The van der Waals surface area contributed by atoms with E-state index in [-0.39, 0.29) is 30.5 Å². The van der Waals surface area contributed by atoms with Crippen LogP contribution >= 0.6 is 11.3 Å². The number of aromatic nitrogens is 1. The first kappa shape index (κ1) is 18.9.